The second-order valence-corrected chi connectivity index (χ2v) is 9.02. The number of quaternary nitrogens is 1. The van der Waals surface area contributed by atoms with Gasteiger partial charge >= 0.3 is 0 Å². The summed E-state index contributed by atoms with van der Waals surface area (Å²) >= 11 is 6.55. The molecule has 0 spiro atoms. The first-order valence-corrected chi connectivity index (χ1v) is 10.2. The molecule has 1 aliphatic rings. The molecule has 2 atom stereocenters. The van der Waals surface area contributed by atoms with Gasteiger partial charge in [-0.2, -0.15) is 4.91 Å². The van der Waals surface area contributed by atoms with Crippen LogP contribution in [0.5, 0.6) is 0 Å². The van der Waals surface area contributed by atoms with E-state index in [2.05, 4.69) is 25.3 Å². The second kappa shape index (κ2) is 8.58. The average Bonchev–Trinajstić information content (AvgIpc) is 2.66. The molecule has 5 nitrogen and oxygen atoms in total. The molecule has 0 bridgehead atoms. The monoisotopic (exact) mass is 402 g/mol. The molecule has 1 fully saturated rings. The van der Waals surface area contributed by atoms with Gasteiger partial charge in [0.1, 0.15) is 6.04 Å². The minimum atomic E-state index is -0.502. The van der Waals surface area contributed by atoms with Crippen LogP contribution in [0.4, 0.5) is 0 Å². The van der Waals surface area contributed by atoms with E-state index in [1.807, 2.05) is 18.2 Å². The van der Waals surface area contributed by atoms with Crippen molar-refractivity contribution < 1.29 is 4.48 Å². The number of aromatic nitrogens is 1. The Labute approximate surface area is 171 Å². The maximum absolute atomic E-state index is 11.8. The lowest BCUT2D eigenvalue weighted by Crippen LogP contribution is -2.47. The molecule has 1 saturated heterocycles. The van der Waals surface area contributed by atoms with Crippen molar-refractivity contribution in [1.29, 1.82) is 0 Å². The molecular formula is C22H29ClN3O2+. The number of halogens is 1. The SMILES string of the molecule is Cn1cc(C(CC(c2ccccc2Cl)C2CC[N+](C)(C)CC2)N=O)ccc1=O. The van der Waals surface area contributed by atoms with Gasteiger partial charge in [-0.05, 0) is 41.5 Å². The highest BCUT2D eigenvalue weighted by atomic mass is 35.5. The smallest absolute Gasteiger partial charge is 0.250 e. The minimum Gasteiger partial charge on any atom is -0.328 e. The topological polar surface area (TPSA) is 51.4 Å². The molecule has 150 valence electrons. The number of piperidine rings is 1. The minimum absolute atomic E-state index is 0.0941. The summed E-state index contributed by atoms with van der Waals surface area (Å²) in [6, 6.07) is 10.7. The van der Waals surface area contributed by atoms with E-state index in [9.17, 15) is 9.70 Å². The van der Waals surface area contributed by atoms with Crippen LogP contribution in [0.2, 0.25) is 5.02 Å². The third-order valence-corrected chi connectivity index (χ3v) is 6.53. The molecule has 1 aliphatic heterocycles. The predicted octanol–water partition coefficient (Wildman–Crippen LogP) is 4.51. The molecule has 28 heavy (non-hydrogen) atoms. The van der Waals surface area contributed by atoms with Crippen LogP contribution in [0.15, 0.2) is 52.6 Å². The summed E-state index contributed by atoms with van der Waals surface area (Å²) in [4.78, 5) is 23.5. The van der Waals surface area contributed by atoms with Crippen LogP contribution in [0.1, 0.15) is 42.3 Å². The van der Waals surface area contributed by atoms with Crippen LogP contribution in [0, 0.1) is 10.8 Å². The Hall–Kier alpha value is -1.98. The third-order valence-electron chi connectivity index (χ3n) is 6.18. The summed E-state index contributed by atoms with van der Waals surface area (Å²) in [6.45, 7) is 2.23. The van der Waals surface area contributed by atoms with Crippen molar-refractivity contribution in [3.63, 3.8) is 0 Å². The lowest BCUT2D eigenvalue weighted by atomic mass is 9.76. The fourth-order valence-corrected chi connectivity index (χ4v) is 4.61. The van der Waals surface area contributed by atoms with E-state index < -0.39 is 6.04 Å². The Balaban J connectivity index is 1.92. The Morgan fingerprint density at radius 3 is 2.46 bits per heavy atom. The van der Waals surface area contributed by atoms with Gasteiger partial charge in [-0.1, -0.05) is 35.0 Å². The number of likely N-dealkylation sites (tertiary alicyclic amines) is 1. The van der Waals surface area contributed by atoms with E-state index in [4.69, 9.17) is 11.6 Å². The van der Waals surface area contributed by atoms with Crippen molar-refractivity contribution in [3.8, 4) is 0 Å². The summed E-state index contributed by atoms with van der Waals surface area (Å²) in [5, 5.41) is 4.18. The lowest BCUT2D eigenvalue weighted by Gasteiger charge is -2.40. The number of pyridine rings is 1. The maximum atomic E-state index is 11.8. The molecule has 1 aromatic heterocycles. The van der Waals surface area contributed by atoms with Crippen molar-refractivity contribution in [1.82, 2.24) is 4.57 Å². The number of hydrogen-bond acceptors (Lipinski definition) is 3. The standard InChI is InChI=1S/C22H29ClN3O2/c1-25-15-17(8-9-22(25)27)21(24-28)14-19(18-6-4-5-7-20(18)23)16-10-12-26(2,3)13-11-16/h4-9,15-16,19,21H,10-14H2,1-3H3/q+1. The molecule has 2 heterocycles. The van der Waals surface area contributed by atoms with Crippen LogP contribution in [0.3, 0.4) is 0 Å². The van der Waals surface area contributed by atoms with Gasteiger partial charge in [-0.3, -0.25) is 4.79 Å². The third kappa shape index (κ3) is 4.70. The number of hydrogen-bond donors (Lipinski definition) is 0. The molecule has 2 unspecified atom stereocenters. The van der Waals surface area contributed by atoms with Gasteiger partial charge in [0.25, 0.3) is 0 Å². The molecule has 0 saturated carbocycles. The van der Waals surface area contributed by atoms with E-state index in [-0.39, 0.29) is 11.5 Å². The number of aryl methyl sites for hydroxylation is 1. The molecule has 2 aromatic rings. The van der Waals surface area contributed by atoms with E-state index in [1.54, 1.807) is 19.3 Å². The van der Waals surface area contributed by atoms with Gasteiger partial charge in [-0.15, -0.1) is 0 Å². The molecule has 0 N–H and O–H groups in total. The molecule has 0 radical (unpaired) electrons. The van der Waals surface area contributed by atoms with Gasteiger partial charge in [0, 0.05) is 37.2 Å². The fraction of sp³-hybridized carbons (Fsp3) is 0.500. The van der Waals surface area contributed by atoms with Gasteiger partial charge in [-0.25, -0.2) is 0 Å². The van der Waals surface area contributed by atoms with Gasteiger partial charge in [0.05, 0.1) is 27.2 Å². The Kier molecular flexibility index (Phi) is 6.36. The van der Waals surface area contributed by atoms with Gasteiger partial charge < -0.3 is 9.05 Å². The van der Waals surface area contributed by atoms with Crippen molar-refractivity contribution in [2.45, 2.75) is 31.2 Å². The van der Waals surface area contributed by atoms with Crippen molar-refractivity contribution in [2.75, 3.05) is 27.2 Å². The van der Waals surface area contributed by atoms with Crippen molar-refractivity contribution in [3.05, 3.63) is 74.0 Å². The Morgan fingerprint density at radius 1 is 1.18 bits per heavy atom. The predicted molar refractivity (Wildman–Crippen MR) is 114 cm³/mol. The number of benzene rings is 1. The highest BCUT2D eigenvalue weighted by Crippen LogP contribution is 2.42. The summed E-state index contributed by atoms with van der Waals surface area (Å²) in [7, 11) is 6.22. The van der Waals surface area contributed by atoms with Crippen LogP contribution in [-0.2, 0) is 7.05 Å². The van der Waals surface area contributed by atoms with E-state index in [0.717, 1.165) is 46.6 Å². The summed E-state index contributed by atoms with van der Waals surface area (Å²) in [6.07, 6.45) is 4.52. The first kappa shape index (κ1) is 20.7. The van der Waals surface area contributed by atoms with Crippen molar-refractivity contribution >= 4 is 11.6 Å². The molecule has 0 aliphatic carbocycles. The normalized spacial score (nSPS) is 19.1. The van der Waals surface area contributed by atoms with Crippen LogP contribution >= 0.6 is 11.6 Å². The van der Waals surface area contributed by atoms with Crippen molar-refractivity contribution in [2.24, 2.45) is 18.1 Å². The highest BCUT2D eigenvalue weighted by molar-refractivity contribution is 6.31. The summed E-state index contributed by atoms with van der Waals surface area (Å²) < 4.78 is 2.53. The zero-order chi connectivity index (χ0) is 20.3. The van der Waals surface area contributed by atoms with E-state index in [1.165, 1.54) is 10.6 Å². The molecule has 0 amide bonds. The molecule has 6 heteroatoms. The van der Waals surface area contributed by atoms with Gasteiger partial charge in [0.15, 0.2) is 0 Å². The van der Waals surface area contributed by atoms with Crippen LogP contribution in [0.25, 0.3) is 0 Å². The molecule has 3 rings (SSSR count). The first-order chi connectivity index (χ1) is 13.3. The Morgan fingerprint density at radius 2 is 1.86 bits per heavy atom. The van der Waals surface area contributed by atoms with E-state index >= 15 is 0 Å². The Bertz CT molecular complexity index is 883. The molecular weight excluding hydrogens is 374 g/mol. The lowest BCUT2D eigenvalue weighted by molar-refractivity contribution is -0.896. The number of rotatable bonds is 6. The first-order valence-electron chi connectivity index (χ1n) is 9.86. The zero-order valence-corrected chi connectivity index (χ0v) is 17.6. The van der Waals surface area contributed by atoms with Crippen LogP contribution in [-0.4, -0.2) is 36.2 Å². The quantitative estimate of drug-likeness (QED) is 0.527. The summed E-state index contributed by atoms with van der Waals surface area (Å²) in [5.74, 6) is 0.622. The number of nitroso groups, excluding NO2 is 1. The fourth-order valence-electron chi connectivity index (χ4n) is 4.33. The highest BCUT2D eigenvalue weighted by Gasteiger charge is 2.35. The number of nitrogens with zero attached hydrogens (tertiary/aromatic N) is 3. The van der Waals surface area contributed by atoms with E-state index in [0.29, 0.717) is 12.3 Å². The largest absolute Gasteiger partial charge is 0.328 e. The zero-order valence-electron chi connectivity index (χ0n) is 16.8. The second-order valence-electron chi connectivity index (χ2n) is 8.62. The van der Waals surface area contributed by atoms with Gasteiger partial charge in [0.2, 0.25) is 5.56 Å². The van der Waals surface area contributed by atoms with Crippen LogP contribution < -0.4 is 5.56 Å². The molecule has 1 aromatic carbocycles. The average molecular weight is 403 g/mol. The summed E-state index contributed by atoms with van der Waals surface area (Å²) in [5.41, 5.74) is 1.78. The maximum Gasteiger partial charge on any atom is 0.250 e.